The number of carbonyl (C=O) groups excluding carboxylic acids is 1. The fourth-order valence-corrected chi connectivity index (χ4v) is 4.91. The largest absolute Gasteiger partial charge is 0.497 e. The van der Waals surface area contributed by atoms with E-state index in [9.17, 15) is 4.79 Å². The van der Waals surface area contributed by atoms with Crippen molar-refractivity contribution >= 4 is 17.7 Å². The van der Waals surface area contributed by atoms with Gasteiger partial charge in [-0.05, 0) is 62.7 Å². The van der Waals surface area contributed by atoms with E-state index in [1.54, 1.807) is 7.11 Å². The van der Waals surface area contributed by atoms with E-state index in [4.69, 9.17) is 9.26 Å². The van der Waals surface area contributed by atoms with E-state index in [0.29, 0.717) is 24.8 Å². The van der Waals surface area contributed by atoms with Crippen LogP contribution in [0.25, 0.3) is 11.4 Å². The van der Waals surface area contributed by atoms with Gasteiger partial charge in [0.25, 0.3) is 0 Å². The summed E-state index contributed by atoms with van der Waals surface area (Å²) < 4.78 is 10.6. The average molecular weight is 481 g/mol. The van der Waals surface area contributed by atoms with Crippen LogP contribution in [0.2, 0.25) is 0 Å². The number of hydrogen-bond donors (Lipinski definition) is 1. The number of likely N-dealkylation sites (tertiary alicyclic amines) is 1. The summed E-state index contributed by atoms with van der Waals surface area (Å²) in [6.07, 6.45) is 1.70. The number of aromatic nitrogens is 2. The fourth-order valence-electron chi connectivity index (χ4n) is 4.10. The van der Waals surface area contributed by atoms with Crippen molar-refractivity contribution in [2.24, 2.45) is 5.92 Å². The van der Waals surface area contributed by atoms with Gasteiger partial charge in [0.1, 0.15) is 5.75 Å². The number of nitrogens with one attached hydrogen (secondary N) is 1. The first-order valence-corrected chi connectivity index (χ1v) is 12.9. The van der Waals surface area contributed by atoms with E-state index in [2.05, 4.69) is 51.5 Å². The first-order chi connectivity index (χ1) is 16.6. The molecule has 1 aliphatic heterocycles. The van der Waals surface area contributed by atoms with Gasteiger partial charge in [-0.2, -0.15) is 16.7 Å². The lowest BCUT2D eigenvalue weighted by molar-refractivity contribution is -0.126. The van der Waals surface area contributed by atoms with E-state index in [1.165, 1.54) is 11.1 Å². The predicted molar refractivity (Wildman–Crippen MR) is 135 cm³/mol. The molecule has 0 atom stereocenters. The highest BCUT2D eigenvalue weighted by atomic mass is 32.2. The fraction of sp³-hybridized carbons (Fsp3) is 0.423. The number of nitrogens with zero attached hydrogens (tertiary/aromatic N) is 3. The highest BCUT2D eigenvalue weighted by Crippen LogP contribution is 2.22. The molecule has 1 fully saturated rings. The van der Waals surface area contributed by atoms with Crippen LogP contribution in [0.4, 0.5) is 0 Å². The number of benzene rings is 2. The van der Waals surface area contributed by atoms with Crippen molar-refractivity contribution in [3.8, 4) is 17.1 Å². The first-order valence-electron chi connectivity index (χ1n) is 11.7. The Hall–Kier alpha value is -2.84. The zero-order valence-corrected chi connectivity index (χ0v) is 20.6. The molecule has 0 aliphatic carbocycles. The van der Waals surface area contributed by atoms with Crippen LogP contribution < -0.4 is 10.1 Å². The van der Waals surface area contributed by atoms with Crippen LogP contribution in [-0.2, 0) is 17.1 Å². The minimum atomic E-state index is 0.0792. The Kier molecular flexibility index (Phi) is 8.60. The second kappa shape index (κ2) is 12.0. The summed E-state index contributed by atoms with van der Waals surface area (Å²) in [7, 11) is 1.64. The molecule has 4 rings (SSSR count). The molecular weight excluding hydrogens is 448 g/mol. The number of hydrogen-bond acceptors (Lipinski definition) is 7. The summed E-state index contributed by atoms with van der Waals surface area (Å²) in [6, 6.07) is 16.2. The molecule has 0 radical (unpaired) electrons. The van der Waals surface area contributed by atoms with Crippen molar-refractivity contribution < 1.29 is 14.1 Å². The maximum Gasteiger partial charge on any atom is 0.241 e. The lowest BCUT2D eigenvalue weighted by atomic mass is 9.96. The zero-order valence-electron chi connectivity index (χ0n) is 19.8. The summed E-state index contributed by atoms with van der Waals surface area (Å²) >= 11 is 1.85. The average Bonchev–Trinajstić information content (AvgIpc) is 3.33. The van der Waals surface area contributed by atoms with Crippen molar-refractivity contribution in [1.29, 1.82) is 0 Å². The van der Waals surface area contributed by atoms with Crippen LogP contribution in [0, 0.1) is 12.8 Å². The molecule has 34 heavy (non-hydrogen) atoms. The Balaban J connectivity index is 1.14. The Morgan fingerprint density at radius 1 is 1.21 bits per heavy atom. The van der Waals surface area contributed by atoms with E-state index in [1.807, 2.05) is 36.0 Å². The monoisotopic (exact) mass is 480 g/mol. The normalized spacial score (nSPS) is 14.8. The predicted octanol–water partition coefficient (Wildman–Crippen LogP) is 4.32. The van der Waals surface area contributed by atoms with Gasteiger partial charge >= 0.3 is 0 Å². The molecule has 2 heterocycles. The molecule has 1 amide bonds. The molecule has 180 valence electrons. The van der Waals surface area contributed by atoms with Gasteiger partial charge in [0.05, 0.1) is 13.7 Å². The molecule has 8 heteroatoms. The van der Waals surface area contributed by atoms with Crippen LogP contribution in [0.15, 0.2) is 53.1 Å². The summed E-state index contributed by atoms with van der Waals surface area (Å²) in [6.45, 7) is 5.13. The number of methoxy groups -OCH3 is 1. The molecule has 1 saturated heterocycles. The standard InChI is InChI=1S/C26H32N4O3S/c1-19-4-3-5-20(16-19)18-34-15-12-27-26(31)22-10-13-30(14-11-22)17-24-28-25(29-33-24)21-6-8-23(32-2)9-7-21/h3-9,16,22H,10-15,17-18H2,1-2H3,(H,27,31). The number of piperidine rings is 1. The van der Waals surface area contributed by atoms with Crippen molar-refractivity contribution in [1.82, 2.24) is 20.4 Å². The van der Waals surface area contributed by atoms with Gasteiger partial charge in [0.15, 0.2) is 0 Å². The molecule has 1 N–H and O–H groups in total. The van der Waals surface area contributed by atoms with Crippen LogP contribution >= 0.6 is 11.8 Å². The molecule has 3 aromatic rings. The SMILES string of the molecule is COc1ccc(-c2noc(CN3CCC(C(=O)NCCSCc4cccc(C)c4)CC3)n2)cc1. The van der Waals surface area contributed by atoms with Gasteiger partial charge in [0, 0.05) is 29.5 Å². The third-order valence-corrected chi connectivity index (χ3v) is 7.06. The quantitative estimate of drug-likeness (QED) is 0.433. The highest BCUT2D eigenvalue weighted by Gasteiger charge is 2.25. The smallest absolute Gasteiger partial charge is 0.241 e. The maximum absolute atomic E-state index is 12.6. The van der Waals surface area contributed by atoms with Gasteiger partial charge in [-0.15, -0.1) is 0 Å². The second-order valence-electron chi connectivity index (χ2n) is 8.62. The number of ether oxygens (including phenoxy) is 1. The van der Waals surface area contributed by atoms with E-state index >= 15 is 0 Å². The minimum Gasteiger partial charge on any atom is -0.497 e. The van der Waals surface area contributed by atoms with Crippen molar-refractivity contribution in [3.05, 3.63) is 65.5 Å². The minimum absolute atomic E-state index is 0.0792. The van der Waals surface area contributed by atoms with E-state index < -0.39 is 0 Å². The number of aryl methyl sites for hydroxylation is 1. The van der Waals surface area contributed by atoms with Crippen molar-refractivity contribution in [3.63, 3.8) is 0 Å². The summed E-state index contributed by atoms with van der Waals surface area (Å²) in [5.74, 6) is 4.12. The summed E-state index contributed by atoms with van der Waals surface area (Å²) in [5, 5.41) is 7.22. The van der Waals surface area contributed by atoms with Gasteiger partial charge < -0.3 is 14.6 Å². The van der Waals surface area contributed by atoms with Crippen LogP contribution in [0.5, 0.6) is 5.75 Å². The van der Waals surface area contributed by atoms with Crippen molar-refractivity contribution in [2.45, 2.75) is 32.1 Å². The topological polar surface area (TPSA) is 80.5 Å². The van der Waals surface area contributed by atoms with Gasteiger partial charge in [0.2, 0.25) is 17.6 Å². The van der Waals surface area contributed by atoms with Gasteiger partial charge in [-0.3, -0.25) is 9.69 Å². The van der Waals surface area contributed by atoms with E-state index in [0.717, 1.165) is 48.7 Å². The molecule has 2 aromatic carbocycles. The molecular formula is C26H32N4O3S. The molecule has 1 aliphatic rings. The molecule has 0 bridgehead atoms. The van der Waals surface area contributed by atoms with Crippen molar-refractivity contribution in [2.75, 3.05) is 32.5 Å². The summed E-state index contributed by atoms with van der Waals surface area (Å²) in [4.78, 5) is 19.4. The molecule has 0 unspecified atom stereocenters. The number of thioether (sulfide) groups is 1. The third kappa shape index (κ3) is 6.84. The lowest BCUT2D eigenvalue weighted by Gasteiger charge is -2.30. The third-order valence-electron chi connectivity index (χ3n) is 6.03. The van der Waals surface area contributed by atoms with E-state index in [-0.39, 0.29) is 11.8 Å². The van der Waals surface area contributed by atoms with Crippen LogP contribution in [-0.4, -0.2) is 53.4 Å². The van der Waals surface area contributed by atoms with Gasteiger partial charge in [-0.25, -0.2) is 0 Å². The first kappa shape index (κ1) is 24.3. The van der Waals surface area contributed by atoms with Crippen LogP contribution in [0.1, 0.15) is 29.9 Å². The highest BCUT2D eigenvalue weighted by molar-refractivity contribution is 7.98. The lowest BCUT2D eigenvalue weighted by Crippen LogP contribution is -2.40. The van der Waals surface area contributed by atoms with Gasteiger partial charge in [-0.1, -0.05) is 35.0 Å². The Morgan fingerprint density at radius 3 is 2.74 bits per heavy atom. The number of rotatable bonds is 10. The van der Waals surface area contributed by atoms with Crippen LogP contribution in [0.3, 0.4) is 0 Å². The molecule has 1 aromatic heterocycles. The molecule has 0 spiro atoms. The number of carbonyl (C=O) groups is 1. The Bertz CT molecular complexity index is 1060. The second-order valence-corrected chi connectivity index (χ2v) is 9.73. The maximum atomic E-state index is 12.6. The zero-order chi connectivity index (χ0) is 23.8. The molecule has 0 saturated carbocycles. The summed E-state index contributed by atoms with van der Waals surface area (Å²) in [5.41, 5.74) is 3.51. The Labute approximate surface area is 205 Å². The molecule has 7 nitrogen and oxygen atoms in total. The number of amides is 1. The Morgan fingerprint density at radius 2 is 2.00 bits per heavy atom.